The Balaban J connectivity index is 1.89. The van der Waals surface area contributed by atoms with Crippen LogP contribution in [0.15, 0.2) is 12.1 Å². The highest BCUT2D eigenvalue weighted by atomic mass is 32.1. The summed E-state index contributed by atoms with van der Waals surface area (Å²) in [4.78, 5) is 15.8. The van der Waals surface area contributed by atoms with E-state index in [4.69, 9.17) is 5.84 Å². The molecule has 0 atom stereocenters. The van der Waals surface area contributed by atoms with E-state index in [0.717, 1.165) is 19.0 Å². The molecule has 5 heteroatoms. The van der Waals surface area contributed by atoms with Gasteiger partial charge in [0.15, 0.2) is 0 Å². The Bertz CT molecular complexity index is 401. The van der Waals surface area contributed by atoms with Gasteiger partial charge in [-0.2, -0.15) is 0 Å². The minimum absolute atomic E-state index is 0.201. The summed E-state index contributed by atoms with van der Waals surface area (Å²) in [7, 11) is 0. The summed E-state index contributed by atoms with van der Waals surface area (Å²) in [6.45, 7) is 5.38. The SMILES string of the molecule is CCN(Cc1ccc(C(=O)NN)s1)CC1CCC1. The number of hydrogen-bond acceptors (Lipinski definition) is 4. The van der Waals surface area contributed by atoms with Crippen LogP contribution in [-0.2, 0) is 6.54 Å². The third-order valence-corrected chi connectivity index (χ3v) is 4.65. The summed E-state index contributed by atoms with van der Waals surface area (Å²) in [5, 5.41) is 0. The van der Waals surface area contributed by atoms with E-state index in [1.54, 1.807) is 0 Å². The summed E-state index contributed by atoms with van der Waals surface area (Å²) >= 11 is 1.53. The van der Waals surface area contributed by atoms with Crippen LogP contribution in [0.25, 0.3) is 0 Å². The van der Waals surface area contributed by atoms with Crippen molar-refractivity contribution in [2.24, 2.45) is 11.8 Å². The summed E-state index contributed by atoms with van der Waals surface area (Å²) in [6, 6.07) is 3.87. The Morgan fingerprint density at radius 3 is 2.89 bits per heavy atom. The number of carbonyl (C=O) groups is 1. The maximum absolute atomic E-state index is 11.4. The molecule has 0 saturated heterocycles. The first-order chi connectivity index (χ1) is 8.72. The van der Waals surface area contributed by atoms with E-state index in [0.29, 0.717) is 4.88 Å². The largest absolute Gasteiger partial charge is 0.298 e. The molecule has 1 fully saturated rings. The number of rotatable bonds is 6. The summed E-state index contributed by atoms with van der Waals surface area (Å²) in [5.74, 6) is 5.81. The monoisotopic (exact) mass is 267 g/mol. The fraction of sp³-hybridized carbons (Fsp3) is 0.615. The number of nitrogen functional groups attached to an aromatic ring is 1. The molecule has 100 valence electrons. The third-order valence-electron chi connectivity index (χ3n) is 3.58. The molecule has 1 saturated carbocycles. The lowest BCUT2D eigenvalue weighted by molar-refractivity contribution is 0.0957. The Morgan fingerprint density at radius 1 is 1.56 bits per heavy atom. The van der Waals surface area contributed by atoms with Crippen molar-refractivity contribution in [1.82, 2.24) is 10.3 Å². The van der Waals surface area contributed by atoms with Crippen molar-refractivity contribution < 1.29 is 4.79 Å². The number of nitrogens with zero attached hydrogens (tertiary/aromatic N) is 1. The zero-order valence-corrected chi connectivity index (χ0v) is 11.6. The summed E-state index contributed by atoms with van der Waals surface area (Å²) < 4.78 is 0. The van der Waals surface area contributed by atoms with E-state index >= 15 is 0 Å². The third kappa shape index (κ3) is 3.31. The van der Waals surface area contributed by atoms with Gasteiger partial charge in [0, 0.05) is 18.0 Å². The zero-order chi connectivity index (χ0) is 13.0. The zero-order valence-electron chi connectivity index (χ0n) is 10.8. The predicted molar refractivity (Wildman–Crippen MR) is 74.3 cm³/mol. The van der Waals surface area contributed by atoms with E-state index in [1.807, 2.05) is 12.1 Å². The Hall–Kier alpha value is -0.910. The predicted octanol–water partition coefficient (Wildman–Crippen LogP) is 1.97. The second-order valence-electron chi connectivity index (χ2n) is 4.86. The van der Waals surface area contributed by atoms with Gasteiger partial charge in [0.05, 0.1) is 4.88 Å². The number of thiophene rings is 1. The first-order valence-electron chi connectivity index (χ1n) is 6.55. The number of hydrazine groups is 1. The molecular weight excluding hydrogens is 246 g/mol. The quantitative estimate of drug-likeness (QED) is 0.471. The molecule has 1 aromatic heterocycles. The highest BCUT2D eigenvalue weighted by Gasteiger charge is 2.20. The van der Waals surface area contributed by atoms with E-state index < -0.39 is 0 Å². The summed E-state index contributed by atoms with van der Waals surface area (Å²) in [6.07, 6.45) is 4.14. The van der Waals surface area contributed by atoms with Crippen LogP contribution in [0.5, 0.6) is 0 Å². The van der Waals surface area contributed by atoms with E-state index in [1.165, 1.54) is 42.0 Å². The number of carbonyl (C=O) groups excluding carboxylic acids is 1. The minimum atomic E-state index is -0.201. The van der Waals surface area contributed by atoms with Gasteiger partial charge in [-0.3, -0.25) is 15.1 Å². The lowest BCUT2D eigenvalue weighted by Crippen LogP contribution is -2.31. The Labute approximate surface area is 112 Å². The van der Waals surface area contributed by atoms with Crippen molar-refractivity contribution in [3.05, 3.63) is 21.9 Å². The van der Waals surface area contributed by atoms with Gasteiger partial charge in [0.25, 0.3) is 5.91 Å². The van der Waals surface area contributed by atoms with Crippen molar-refractivity contribution in [2.45, 2.75) is 32.7 Å². The molecule has 0 radical (unpaired) electrons. The lowest BCUT2D eigenvalue weighted by atomic mass is 9.85. The average molecular weight is 267 g/mol. The minimum Gasteiger partial charge on any atom is -0.298 e. The average Bonchev–Trinajstić information content (AvgIpc) is 2.79. The van der Waals surface area contributed by atoms with E-state index in [-0.39, 0.29) is 5.91 Å². The highest BCUT2D eigenvalue weighted by Crippen LogP contribution is 2.28. The smallest absolute Gasteiger partial charge is 0.275 e. The first-order valence-corrected chi connectivity index (χ1v) is 7.36. The fourth-order valence-corrected chi connectivity index (χ4v) is 3.18. The molecule has 1 amide bonds. The standard InChI is InChI=1S/C13H21N3OS/c1-2-16(8-10-4-3-5-10)9-11-6-7-12(18-11)13(17)15-14/h6-7,10H,2-5,8-9,14H2,1H3,(H,15,17). The van der Waals surface area contributed by atoms with Crippen LogP contribution in [0, 0.1) is 5.92 Å². The van der Waals surface area contributed by atoms with Gasteiger partial charge in [-0.1, -0.05) is 13.3 Å². The molecule has 0 bridgehead atoms. The van der Waals surface area contributed by atoms with Gasteiger partial charge in [0.1, 0.15) is 0 Å². The highest BCUT2D eigenvalue weighted by molar-refractivity contribution is 7.14. The van der Waals surface area contributed by atoms with Crippen molar-refractivity contribution in [1.29, 1.82) is 0 Å². The molecule has 1 aliphatic rings. The lowest BCUT2D eigenvalue weighted by Gasteiger charge is -2.31. The first kappa shape index (κ1) is 13.5. The molecule has 18 heavy (non-hydrogen) atoms. The van der Waals surface area contributed by atoms with Crippen LogP contribution in [0.1, 0.15) is 40.7 Å². The Morgan fingerprint density at radius 2 is 2.33 bits per heavy atom. The van der Waals surface area contributed by atoms with Crippen LogP contribution < -0.4 is 11.3 Å². The van der Waals surface area contributed by atoms with Gasteiger partial charge in [-0.05, 0) is 37.4 Å². The van der Waals surface area contributed by atoms with Gasteiger partial charge in [-0.15, -0.1) is 11.3 Å². The van der Waals surface area contributed by atoms with Crippen LogP contribution in [0.2, 0.25) is 0 Å². The van der Waals surface area contributed by atoms with Crippen molar-refractivity contribution in [3.63, 3.8) is 0 Å². The van der Waals surface area contributed by atoms with Gasteiger partial charge in [0.2, 0.25) is 0 Å². The molecule has 3 N–H and O–H groups in total. The molecule has 0 spiro atoms. The molecule has 2 rings (SSSR count). The topological polar surface area (TPSA) is 58.4 Å². The maximum atomic E-state index is 11.4. The van der Waals surface area contributed by atoms with Crippen molar-refractivity contribution in [2.75, 3.05) is 13.1 Å². The van der Waals surface area contributed by atoms with Crippen LogP contribution in [-0.4, -0.2) is 23.9 Å². The van der Waals surface area contributed by atoms with E-state index in [9.17, 15) is 4.79 Å². The van der Waals surface area contributed by atoms with Crippen LogP contribution in [0.4, 0.5) is 0 Å². The molecule has 1 heterocycles. The molecule has 0 aromatic carbocycles. The molecule has 0 unspecified atom stereocenters. The number of hydrogen-bond donors (Lipinski definition) is 2. The second kappa shape index (κ2) is 6.31. The van der Waals surface area contributed by atoms with Crippen LogP contribution in [0.3, 0.4) is 0 Å². The molecule has 4 nitrogen and oxygen atoms in total. The molecular formula is C13H21N3OS. The van der Waals surface area contributed by atoms with Gasteiger partial charge in [-0.25, -0.2) is 5.84 Å². The van der Waals surface area contributed by atoms with Crippen molar-refractivity contribution >= 4 is 17.2 Å². The second-order valence-corrected chi connectivity index (χ2v) is 6.03. The van der Waals surface area contributed by atoms with Gasteiger partial charge < -0.3 is 0 Å². The number of nitrogens with one attached hydrogen (secondary N) is 1. The molecule has 1 aliphatic carbocycles. The fourth-order valence-electron chi connectivity index (χ4n) is 2.22. The van der Waals surface area contributed by atoms with E-state index in [2.05, 4.69) is 17.2 Å². The molecule has 0 aliphatic heterocycles. The number of amides is 1. The number of nitrogens with two attached hydrogens (primary N) is 1. The van der Waals surface area contributed by atoms with Crippen molar-refractivity contribution in [3.8, 4) is 0 Å². The maximum Gasteiger partial charge on any atom is 0.275 e. The Kier molecular flexibility index (Phi) is 4.74. The van der Waals surface area contributed by atoms with Crippen LogP contribution >= 0.6 is 11.3 Å². The van der Waals surface area contributed by atoms with Gasteiger partial charge >= 0.3 is 0 Å². The normalized spacial score (nSPS) is 15.7. The molecule has 1 aromatic rings. The summed E-state index contributed by atoms with van der Waals surface area (Å²) in [5.41, 5.74) is 2.17.